The van der Waals surface area contributed by atoms with Crippen molar-refractivity contribution in [3.8, 4) is 22.6 Å². The van der Waals surface area contributed by atoms with Crippen LogP contribution in [0.2, 0.25) is 0 Å². The second-order valence-electron chi connectivity index (χ2n) is 6.86. The van der Waals surface area contributed by atoms with E-state index in [-0.39, 0.29) is 26.1 Å². The van der Waals surface area contributed by atoms with Crippen LogP contribution in [0, 0.1) is 0 Å². The SMILES string of the molecule is CCc1c(OCOC)cc(OCOC)c(-c2ccccc2)c1CCCOCC(=O)NC. The molecule has 0 aliphatic rings. The van der Waals surface area contributed by atoms with Crippen LogP contribution in [0.25, 0.3) is 11.1 Å². The van der Waals surface area contributed by atoms with Gasteiger partial charge in [0.05, 0.1) is 0 Å². The summed E-state index contributed by atoms with van der Waals surface area (Å²) in [5.74, 6) is 1.29. The van der Waals surface area contributed by atoms with Crippen LogP contribution in [-0.2, 0) is 31.8 Å². The topological polar surface area (TPSA) is 75.2 Å². The molecule has 0 unspecified atom stereocenters. The third kappa shape index (κ3) is 7.24. The molecule has 0 atom stereocenters. The molecule has 0 fully saturated rings. The van der Waals surface area contributed by atoms with Crippen LogP contribution < -0.4 is 14.8 Å². The fraction of sp³-hybridized carbons (Fsp3) is 0.458. The first-order valence-corrected chi connectivity index (χ1v) is 10.4. The van der Waals surface area contributed by atoms with Crippen LogP contribution in [0.15, 0.2) is 36.4 Å². The number of ether oxygens (including phenoxy) is 5. The molecule has 0 aliphatic carbocycles. The van der Waals surface area contributed by atoms with Gasteiger partial charge in [-0.1, -0.05) is 37.3 Å². The van der Waals surface area contributed by atoms with Gasteiger partial charge in [-0.3, -0.25) is 4.79 Å². The highest BCUT2D eigenvalue weighted by Gasteiger charge is 2.20. The van der Waals surface area contributed by atoms with Crippen LogP contribution >= 0.6 is 0 Å². The summed E-state index contributed by atoms with van der Waals surface area (Å²) in [7, 11) is 4.78. The van der Waals surface area contributed by atoms with Gasteiger partial charge in [0.2, 0.25) is 5.91 Å². The average Bonchev–Trinajstić information content (AvgIpc) is 2.81. The molecule has 0 aliphatic heterocycles. The van der Waals surface area contributed by atoms with E-state index in [4.69, 9.17) is 23.7 Å². The van der Waals surface area contributed by atoms with Crippen LogP contribution in [-0.4, -0.2) is 54.0 Å². The number of hydrogen-bond donors (Lipinski definition) is 1. The molecule has 1 amide bonds. The van der Waals surface area contributed by atoms with Crippen molar-refractivity contribution in [1.82, 2.24) is 5.32 Å². The van der Waals surface area contributed by atoms with E-state index in [0.29, 0.717) is 12.4 Å². The van der Waals surface area contributed by atoms with Crippen LogP contribution in [0.5, 0.6) is 11.5 Å². The Morgan fingerprint density at radius 3 is 2.26 bits per heavy atom. The molecule has 0 aromatic heterocycles. The quantitative estimate of drug-likeness (QED) is 0.364. The van der Waals surface area contributed by atoms with Gasteiger partial charge in [-0.05, 0) is 36.0 Å². The Balaban J connectivity index is 2.43. The Bertz CT molecular complexity index is 809. The number of hydrogen-bond acceptors (Lipinski definition) is 6. The monoisotopic (exact) mass is 431 g/mol. The Hall–Kier alpha value is -2.61. The maximum absolute atomic E-state index is 11.4. The van der Waals surface area contributed by atoms with E-state index in [1.165, 1.54) is 0 Å². The maximum atomic E-state index is 11.4. The van der Waals surface area contributed by atoms with E-state index >= 15 is 0 Å². The first-order chi connectivity index (χ1) is 15.2. The highest BCUT2D eigenvalue weighted by molar-refractivity contribution is 5.77. The van der Waals surface area contributed by atoms with Gasteiger partial charge >= 0.3 is 0 Å². The van der Waals surface area contributed by atoms with E-state index in [1.807, 2.05) is 24.3 Å². The van der Waals surface area contributed by atoms with Crippen LogP contribution in [0.3, 0.4) is 0 Å². The lowest BCUT2D eigenvalue weighted by Crippen LogP contribution is -2.23. The predicted octanol–water partition coefficient (Wildman–Crippen LogP) is 3.58. The zero-order valence-electron chi connectivity index (χ0n) is 18.9. The molecule has 2 aromatic rings. The van der Waals surface area contributed by atoms with Crippen LogP contribution in [0.1, 0.15) is 24.5 Å². The Labute approximate surface area is 184 Å². The van der Waals surface area contributed by atoms with Gasteiger partial charge in [-0.15, -0.1) is 0 Å². The molecular formula is C24H33NO6. The van der Waals surface area contributed by atoms with E-state index in [9.17, 15) is 4.79 Å². The molecule has 31 heavy (non-hydrogen) atoms. The zero-order chi connectivity index (χ0) is 22.5. The summed E-state index contributed by atoms with van der Waals surface area (Å²) in [4.78, 5) is 11.4. The van der Waals surface area contributed by atoms with E-state index in [1.54, 1.807) is 21.3 Å². The van der Waals surface area contributed by atoms with Crippen molar-refractivity contribution >= 4 is 5.91 Å². The molecule has 1 N–H and O–H groups in total. The Kier molecular flexibility index (Phi) is 10.9. The summed E-state index contributed by atoms with van der Waals surface area (Å²) < 4.78 is 27.6. The largest absolute Gasteiger partial charge is 0.467 e. The van der Waals surface area contributed by atoms with Crippen molar-refractivity contribution in [1.29, 1.82) is 0 Å². The highest BCUT2D eigenvalue weighted by atomic mass is 16.7. The van der Waals surface area contributed by atoms with Gasteiger partial charge in [-0.2, -0.15) is 0 Å². The second-order valence-corrected chi connectivity index (χ2v) is 6.86. The van der Waals surface area contributed by atoms with Crippen molar-refractivity contribution in [2.45, 2.75) is 26.2 Å². The standard InChI is InChI=1S/C24H33NO6/c1-5-19-20(12-9-13-29-15-23(26)25-2)24(18-10-7-6-8-11-18)22(31-17-28-4)14-21(19)30-16-27-3/h6-8,10-11,14H,5,9,12-13,15-17H2,1-4H3,(H,25,26). The van der Waals surface area contributed by atoms with Gasteiger partial charge in [0.15, 0.2) is 13.6 Å². The number of rotatable bonds is 14. The summed E-state index contributed by atoms with van der Waals surface area (Å²) in [5.41, 5.74) is 4.32. The molecule has 0 heterocycles. The third-order valence-electron chi connectivity index (χ3n) is 4.78. The molecule has 0 radical (unpaired) electrons. The maximum Gasteiger partial charge on any atom is 0.245 e. The van der Waals surface area contributed by atoms with E-state index in [0.717, 1.165) is 47.3 Å². The number of likely N-dealkylation sites (N-methyl/N-ethyl adjacent to an activating group) is 1. The Morgan fingerprint density at radius 1 is 0.968 bits per heavy atom. The molecular weight excluding hydrogens is 398 g/mol. The average molecular weight is 432 g/mol. The van der Waals surface area contributed by atoms with Crippen molar-refractivity contribution in [2.24, 2.45) is 0 Å². The molecule has 0 saturated carbocycles. The van der Waals surface area contributed by atoms with E-state index < -0.39 is 0 Å². The van der Waals surface area contributed by atoms with Crippen molar-refractivity contribution in [3.63, 3.8) is 0 Å². The van der Waals surface area contributed by atoms with Crippen molar-refractivity contribution in [3.05, 3.63) is 47.5 Å². The number of carbonyl (C=O) groups is 1. The molecule has 2 rings (SSSR count). The molecule has 0 bridgehead atoms. The summed E-state index contributed by atoms with van der Waals surface area (Å²) >= 11 is 0. The second kappa shape index (κ2) is 13.6. The zero-order valence-corrected chi connectivity index (χ0v) is 18.9. The molecule has 7 nitrogen and oxygen atoms in total. The summed E-state index contributed by atoms with van der Waals surface area (Å²) in [6.45, 7) is 2.91. The van der Waals surface area contributed by atoms with Crippen molar-refractivity contribution in [2.75, 3.05) is 48.1 Å². The lowest BCUT2D eigenvalue weighted by atomic mass is 9.89. The smallest absolute Gasteiger partial charge is 0.245 e. The van der Waals surface area contributed by atoms with E-state index in [2.05, 4.69) is 24.4 Å². The minimum Gasteiger partial charge on any atom is -0.467 e. The lowest BCUT2D eigenvalue weighted by molar-refractivity contribution is -0.125. The van der Waals surface area contributed by atoms with Gasteiger partial charge in [0, 0.05) is 39.5 Å². The fourth-order valence-electron chi connectivity index (χ4n) is 3.39. The minimum atomic E-state index is -0.135. The number of nitrogens with one attached hydrogen (secondary N) is 1. The molecule has 0 spiro atoms. The first-order valence-electron chi connectivity index (χ1n) is 10.4. The first kappa shape index (κ1) is 24.7. The summed E-state index contributed by atoms with van der Waals surface area (Å²) in [5, 5.41) is 2.56. The number of benzene rings is 2. The lowest BCUT2D eigenvalue weighted by Gasteiger charge is -2.22. The third-order valence-corrected chi connectivity index (χ3v) is 4.78. The van der Waals surface area contributed by atoms with Crippen molar-refractivity contribution < 1.29 is 28.5 Å². The van der Waals surface area contributed by atoms with Gasteiger partial charge in [0.1, 0.15) is 18.1 Å². The highest BCUT2D eigenvalue weighted by Crippen LogP contribution is 2.41. The normalized spacial score (nSPS) is 10.7. The van der Waals surface area contributed by atoms with Gasteiger partial charge in [-0.25, -0.2) is 0 Å². The number of methoxy groups -OCH3 is 2. The number of amides is 1. The molecule has 7 heteroatoms. The number of carbonyl (C=O) groups excluding carboxylic acids is 1. The predicted molar refractivity (Wildman–Crippen MR) is 119 cm³/mol. The van der Waals surface area contributed by atoms with Gasteiger partial charge < -0.3 is 29.0 Å². The summed E-state index contributed by atoms with van der Waals surface area (Å²) in [6.07, 6.45) is 2.29. The minimum absolute atomic E-state index is 0.0574. The Morgan fingerprint density at radius 2 is 1.65 bits per heavy atom. The van der Waals surface area contributed by atoms with Crippen LogP contribution in [0.4, 0.5) is 0 Å². The fourth-order valence-corrected chi connectivity index (χ4v) is 3.39. The summed E-state index contributed by atoms with van der Waals surface area (Å²) in [6, 6.07) is 12.0. The molecule has 170 valence electrons. The molecule has 2 aromatic carbocycles. The molecule has 0 saturated heterocycles. The van der Waals surface area contributed by atoms with Gasteiger partial charge in [0.25, 0.3) is 0 Å².